The second-order valence-corrected chi connectivity index (χ2v) is 8.02. The first-order valence-electron chi connectivity index (χ1n) is 10.3. The monoisotopic (exact) mass is 429 g/mol. The van der Waals surface area contributed by atoms with E-state index in [0.29, 0.717) is 36.7 Å². The number of fused-ring (bicyclic) bond motifs is 1. The number of nitrogens with two attached hydrogens (primary N) is 1. The highest BCUT2D eigenvalue weighted by Crippen LogP contribution is 2.24. The Morgan fingerprint density at radius 1 is 1.29 bits per heavy atom. The second-order valence-electron chi connectivity index (χ2n) is 8.02. The molecule has 2 atom stereocenters. The number of hydrogen-bond acceptors (Lipinski definition) is 8. The van der Waals surface area contributed by atoms with Crippen LogP contribution in [0.3, 0.4) is 0 Å². The highest BCUT2D eigenvalue weighted by atomic mass is 16.4. The summed E-state index contributed by atoms with van der Waals surface area (Å²) in [5.74, 6) is -1.38. The molecule has 0 aliphatic carbocycles. The molecule has 3 rings (SSSR count). The van der Waals surface area contributed by atoms with Crippen molar-refractivity contribution < 1.29 is 18.8 Å². The van der Waals surface area contributed by atoms with Crippen LogP contribution in [0.15, 0.2) is 33.5 Å². The first-order valence-corrected chi connectivity index (χ1v) is 10.3. The molecule has 166 valence electrons. The van der Waals surface area contributed by atoms with Crippen LogP contribution in [0.5, 0.6) is 0 Å². The van der Waals surface area contributed by atoms with Crippen LogP contribution in [-0.4, -0.2) is 47.9 Å². The summed E-state index contributed by atoms with van der Waals surface area (Å²) in [4.78, 5) is 54.9. The zero-order valence-corrected chi connectivity index (χ0v) is 17.6. The van der Waals surface area contributed by atoms with Gasteiger partial charge in [-0.1, -0.05) is 26.0 Å². The molecule has 1 aliphatic heterocycles. The maximum Gasteiger partial charge on any atom is 0.348 e. The fourth-order valence-corrected chi connectivity index (χ4v) is 3.58. The Hall–Kier alpha value is -3.27. The van der Waals surface area contributed by atoms with Crippen molar-refractivity contribution in [2.45, 2.75) is 45.2 Å². The van der Waals surface area contributed by atoms with E-state index in [1.54, 1.807) is 29.2 Å². The fourth-order valence-electron chi connectivity index (χ4n) is 3.58. The summed E-state index contributed by atoms with van der Waals surface area (Å²) in [6.07, 6.45) is 1.64. The summed E-state index contributed by atoms with van der Waals surface area (Å²) in [6.45, 7) is 3.99. The minimum Gasteiger partial charge on any atom is -0.389 e. The Morgan fingerprint density at radius 2 is 2.03 bits per heavy atom. The number of benzene rings is 1. The number of rotatable bonds is 7. The van der Waals surface area contributed by atoms with E-state index in [9.17, 15) is 19.2 Å². The molecule has 4 N–H and O–H groups in total. The van der Waals surface area contributed by atoms with Crippen LogP contribution >= 0.6 is 0 Å². The van der Waals surface area contributed by atoms with E-state index >= 15 is 0 Å². The van der Waals surface area contributed by atoms with Gasteiger partial charge in [0.15, 0.2) is 0 Å². The predicted octanol–water partition coefficient (Wildman–Crippen LogP) is 0.289. The Kier molecular flexibility index (Phi) is 7.01. The zero-order chi connectivity index (χ0) is 22.5. The molecule has 2 aromatic rings. The fraction of sp³-hybridized carbons (Fsp3) is 0.476. The number of nitrogens with zero attached hydrogens (tertiary/aromatic N) is 2. The van der Waals surface area contributed by atoms with E-state index < -0.39 is 35.4 Å². The lowest BCUT2D eigenvalue weighted by molar-refractivity contribution is -0.132. The van der Waals surface area contributed by atoms with Gasteiger partial charge in [-0.3, -0.25) is 19.7 Å². The van der Waals surface area contributed by atoms with Crippen LogP contribution in [0.4, 0.5) is 6.01 Å². The van der Waals surface area contributed by atoms with Crippen LogP contribution < -0.4 is 26.9 Å². The Bertz CT molecular complexity index is 1030. The van der Waals surface area contributed by atoms with Gasteiger partial charge in [0.1, 0.15) is 6.04 Å². The van der Waals surface area contributed by atoms with Crippen molar-refractivity contribution in [3.05, 3.63) is 34.7 Å². The molecule has 3 amide bonds. The average molecular weight is 429 g/mol. The van der Waals surface area contributed by atoms with E-state index in [2.05, 4.69) is 15.6 Å². The number of aromatic nitrogens is 1. The normalized spacial score (nSPS) is 17.0. The van der Waals surface area contributed by atoms with Crippen molar-refractivity contribution in [2.24, 2.45) is 11.7 Å². The molecule has 0 spiro atoms. The van der Waals surface area contributed by atoms with E-state index in [-0.39, 0.29) is 18.5 Å². The van der Waals surface area contributed by atoms with E-state index in [1.165, 1.54) is 0 Å². The van der Waals surface area contributed by atoms with E-state index in [1.807, 2.05) is 13.8 Å². The molecule has 31 heavy (non-hydrogen) atoms. The molecule has 0 bridgehead atoms. The minimum atomic E-state index is -0.712. The summed E-state index contributed by atoms with van der Waals surface area (Å²) in [5.41, 5.74) is 5.71. The molecule has 0 saturated carbocycles. The molecule has 0 radical (unpaired) electrons. The van der Waals surface area contributed by atoms with Crippen molar-refractivity contribution in [3.8, 4) is 0 Å². The van der Waals surface area contributed by atoms with Gasteiger partial charge in [-0.15, -0.1) is 0 Å². The molecule has 1 aliphatic rings. The number of nitrogens with one attached hydrogen (secondary N) is 2. The third-order valence-electron chi connectivity index (χ3n) is 5.07. The van der Waals surface area contributed by atoms with E-state index in [0.717, 1.165) is 0 Å². The molecule has 1 aromatic carbocycles. The first-order chi connectivity index (χ1) is 14.8. The number of carbonyl (C=O) groups is 3. The molecular formula is C21H27N5O5. The van der Waals surface area contributed by atoms with Gasteiger partial charge in [-0.05, 0) is 37.3 Å². The lowest BCUT2D eigenvalue weighted by Gasteiger charge is -2.22. The molecule has 10 heteroatoms. The van der Waals surface area contributed by atoms with E-state index in [4.69, 9.17) is 10.2 Å². The van der Waals surface area contributed by atoms with Gasteiger partial charge in [-0.2, -0.15) is 4.98 Å². The van der Waals surface area contributed by atoms with Crippen LogP contribution in [0.25, 0.3) is 10.9 Å². The maximum absolute atomic E-state index is 12.7. The minimum absolute atomic E-state index is 0.0433. The van der Waals surface area contributed by atoms with Crippen LogP contribution in [-0.2, 0) is 14.4 Å². The molecule has 1 aromatic heterocycles. The van der Waals surface area contributed by atoms with Gasteiger partial charge >= 0.3 is 11.6 Å². The van der Waals surface area contributed by atoms with Crippen molar-refractivity contribution in [1.29, 1.82) is 0 Å². The van der Waals surface area contributed by atoms with Gasteiger partial charge in [0, 0.05) is 6.54 Å². The Labute approximate surface area is 179 Å². The average Bonchev–Trinajstić information content (AvgIpc) is 3.21. The topological polar surface area (TPSA) is 148 Å². The lowest BCUT2D eigenvalue weighted by Crippen LogP contribution is -2.50. The molecule has 2 heterocycles. The van der Waals surface area contributed by atoms with Gasteiger partial charge < -0.3 is 20.4 Å². The first kappa shape index (κ1) is 22.4. The summed E-state index contributed by atoms with van der Waals surface area (Å²) in [5, 5.41) is 5.08. The van der Waals surface area contributed by atoms with Crippen LogP contribution in [0.2, 0.25) is 0 Å². The third kappa shape index (κ3) is 5.46. The Morgan fingerprint density at radius 3 is 2.77 bits per heavy atom. The number of imide groups is 1. The summed E-state index contributed by atoms with van der Waals surface area (Å²) in [7, 11) is 0. The predicted molar refractivity (Wildman–Crippen MR) is 114 cm³/mol. The molecule has 10 nitrogen and oxygen atoms in total. The summed E-state index contributed by atoms with van der Waals surface area (Å²) in [6, 6.07) is 5.40. The van der Waals surface area contributed by atoms with Gasteiger partial charge in [0.05, 0.1) is 23.5 Å². The number of carbonyl (C=O) groups excluding carboxylic acids is 3. The largest absolute Gasteiger partial charge is 0.389 e. The summed E-state index contributed by atoms with van der Waals surface area (Å²) < 4.78 is 5.32. The number of anilines is 1. The van der Waals surface area contributed by atoms with Gasteiger partial charge in [-0.25, -0.2) is 4.79 Å². The van der Waals surface area contributed by atoms with Crippen LogP contribution in [0, 0.1) is 5.92 Å². The highest BCUT2D eigenvalue weighted by Gasteiger charge is 2.34. The van der Waals surface area contributed by atoms with Crippen molar-refractivity contribution in [3.63, 3.8) is 0 Å². The lowest BCUT2D eigenvalue weighted by atomic mass is 10.0. The number of hydrogen-bond donors (Lipinski definition) is 3. The maximum atomic E-state index is 12.7. The quantitative estimate of drug-likeness (QED) is 0.569. The number of amides is 3. The van der Waals surface area contributed by atoms with Gasteiger partial charge in [0.2, 0.25) is 17.7 Å². The third-order valence-corrected chi connectivity index (χ3v) is 5.07. The van der Waals surface area contributed by atoms with Crippen molar-refractivity contribution >= 4 is 34.6 Å². The second kappa shape index (κ2) is 9.69. The van der Waals surface area contributed by atoms with Gasteiger partial charge in [0.25, 0.3) is 0 Å². The summed E-state index contributed by atoms with van der Waals surface area (Å²) >= 11 is 0. The molecule has 1 saturated heterocycles. The highest BCUT2D eigenvalue weighted by molar-refractivity contribution is 6.01. The zero-order valence-electron chi connectivity index (χ0n) is 17.6. The van der Waals surface area contributed by atoms with Crippen molar-refractivity contribution in [2.75, 3.05) is 18.0 Å². The molecule has 1 fully saturated rings. The smallest absolute Gasteiger partial charge is 0.348 e. The Balaban J connectivity index is 1.62. The number of para-hydroxylation sites is 1. The SMILES string of the molecule is CC(C)C[C@H](N)C(=O)NCC(=O)NC(=O)[C@H]1CCCN1c1nc2ccccc2c(=O)o1. The molecule has 0 unspecified atom stereocenters. The van der Waals surface area contributed by atoms with Crippen molar-refractivity contribution in [1.82, 2.24) is 15.6 Å². The van der Waals surface area contributed by atoms with Crippen LogP contribution in [0.1, 0.15) is 33.1 Å². The molecular weight excluding hydrogens is 402 g/mol. The standard InChI is InChI=1S/C21H27N5O5/c1-12(2)10-14(22)18(28)23-11-17(27)25-19(29)16-8-5-9-26(16)21-24-15-7-4-3-6-13(15)20(30)31-21/h3-4,6-7,12,14,16H,5,8-11,22H2,1-2H3,(H,23,28)(H,25,27,29)/t14-,16+/m0/s1.